The van der Waals surface area contributed by atoms with Crippen molar-refractivity contribution in [1.82, 2.24) is 4.98 Å². The molecule has 0 unspecified atom stereocenters. The topological polar surface area (TPSA) is 63.0 Å². The minimum atomic E-state index is -0.701. The van der Waals surface area contributed by atoms with Gasteiger partial charge < -0.3 is 23.4 Å². The maximum absolute atomic E-state index is 6.03. The second-order valence-corrected chi connectivity index (χ2v) is 7.24. The summed E-state index contributed by atoms with van der Waals surface area (Å²) in [7, 11) is 1.63. The lowest BCUT2D eigenvalue weighted by Gasteiger charge is -2.28. The van der Waals surface area contributed by atoms with E-state index in [1.807, 2.05) is 55.5 Å². The third-order valence-corrected chi connectivity index (χ3v) is 5.21. The van der Waals surface area contributed by atoms with Crippen LogP contribution in [0.1, 0.15) is 36.8 Å². The first-order chi connectivity index (χ1) is 14.6. The number of ether oxygens (including phenoxy) is 4. The fourth-order valence-corrected chi connectivity index (χ4v) is 3.68. The van der Waals surface area contributed by atoms with Crippen LogP contribution in [0.25, 0.3) is 11.5 Å². The normalized spacial score (nSPS) is 15.3. The molecule has 0 spiro atoms. The molecule has 0 bridgehead atoms. The van der Waals surface area contributed by atoms with Gasteiger partial charge in [-0.1, -0.05) is 31.5 Å². The van der Waals surface area contributed by atoms with Gasteiger partial charge in [-0.25, -0.2) is 4.98 Å². The van der Waals surface area contributed by atoms with Crippen molar-refractivity contribution in [3.05, 3.63) is 65.5 Å². The molecule has 30 heavy (non-hydrogen) atoms. The van der Waals surface area contributed by atoms with E-state index in [4.69, 9.17) is 23.4 Å². The molecular formula is C24H27NO5. The number of rotatable bonds is 8. The molecule has 2 heterocycles. The summed E-state index contributed by atoms with van der Waals surface area (Å²) in [5, 5.41) is 0. The molecule has 1 aromatic heterocycles. The maximum atomic E-state index is 6.03. The Morgan fingerprint density at radius 1 is 1.03 bits per heavy atom. The molecule has 3 aromatic rings. The Labute approximate surface area is 176 Å². The van der Waals surface area contributed by atoms with Crippen LogP contribution in [0.3, 0.4) is 0 Å². The summed E-state index contributed by atoms with van der Waals surface area (Å²) in [4.78, 5) is 4.59. The van der Waals surface area contributed by atoms with E-state index < -0.39 is 5.79 Å². The Bertz CT molecular complexity index is 977. The molecule has 0 N–H and O–H groups in total. The van der Waals surface area contributed by atoms with Gasteiger partial charge in [-0.05, 0) is 37.3 Å². The molecule has 0 saturated carbocycles. The highest BCUT2D eigenvalue weighted by atomic mass is 16.7. The van der Waals surface area contributed by atoms with Crippen LogP contribution in [0, 0.1) is 6.92 Å². The molecular weight excluding hydrogens is 382 g/mol. The van der Waals surface area contributed by atoms with Gasteiger partial charge in [0, 0.05) is 17.5 Å². The fourth-order valence-electron chi connectivity index (χ4n) is 3.68. The number of nitrogens with zero attached hydrogens (tertiary/aromatic N) is 1. The number of aromatic nitrogens is 1. The summed E-state index contributed by atoms with van der Waals surface area (Å²) in [6, 6.07) is 15.6. The van der Waals surface area contributed by atoms with Crippen LogP contribution in [0.4, 0.5) is 0 Å². The van der Waals surface area contributed by atoms with Crippen LogP contribution in [-0.2, 0) is 21.9 Å². The Morgan fingerprint density at radius 2 is 1.80 bits per heavy atom. The number of oxazole rings is 1. The summed E-state index contributed by atoms with van der Waals surface area (Å²) in [6.07, 6.45) is 1.74. The van der Waals surface area contributed by atoms with Crippen molar-refractivity contribution < 1.29 is 23.4 Å². The standard InChI is InChI=1S/C24H27NO5/c1-4-12-24(28-13-14-29-24)19-10-11-21(22(15-19)26-3)27-16-20-17(2)30-23(25-20)18-8-6-5-7-9-18/h5-11,15H,4,12-14,16H2,1-3H3. The number of hydrogen-bond donors (Lipinski definition) is 0. The van der Waals surface area contributed by atoms with E-state index in [0.29, 0.717) is 30.6 Å². The van der Waals surface area contributed by atoms with Crippen molar-refractivity contribution in [2.45, 2.75) is 39.1 Å². The van der Waals surface area contributed by atoms with Gasteiger partial charge in [-0.15, -0.1) is 0 Å². The maximum Gasteiger partial charge on any atom is 0.226 e. The van der Waals surface area contributed by atoms with Gasteiger partial charge >= 0.3 is 0 Å². The lowest BCUT2D eigenvalue weighted by Crippen LogP contribution is -2.26. The zero-order valence-corrected chi connectivity index (χ0v) is 17.6. The minimum absolute atomic E-state index is 0.283. The van der Waals surface area contributed by atoms with Crippen molar-refractivity contribution in [1.29, 1.82) is 0 Å². The van der Waals surface area contributed by atoms with Crippen LogP contribution < -0.4 is 9.47 Å². The highest BCUT2D eigenvalue weighted by Crippen LogP contribution is 2.40. The first kappa shape index (κ1) is 20.4. The van der Waals surface area contributed by atoms with Crippen molar-refractivity contribution in [2.75, 3.05) is 20.3 Å². The number of benzene rings is 2. The Hall–Kier alpha value is -2.83. The molecule has 4 rings (SSSR count). The second kappa shape index (κ2) is 8.90. The van der Waals surface area contributed by atoms with E-state index >= 15 is 0 Å². The molecule has 2 aromatic carbocycles. The van der Waals surface area contributed by atoms with Crippen LogP contribution in [0.5, 0.6) is 11.5 Å². The van der Waals surface area contributed by atoms with Gasteiger partial charge in [0.2, 0.25) is 5.89 Å². The molecule has 1 aliphatic rings. The van der Waals surface area contributed by atoms with Gasteiger partial charge in [0.1, 0.15) is 18.1 Å². The van der Waals surface area contributed by atoms with E-state index in [0.717, 1.165) is 35.4 Å². The summed E-state index contributed by atoms with van der Waals surface area (Å²) >= 11 is 0. The second-order valence-electron chi connectivity index (χ2n) is 7.24. The third-order valence-electron chi connectivity index (χ3n) is 5.21. The van der Waals surface area contributed by atoms with Crippen molar-refractivity contribution >= 4 is 0 Å². The van der Waals surface area contributed by atoms with E-state index in [2.05, 4.69) is 11.9 Å². The van der Waals surface area contributed by atoms with Crippen LogP contribution in [-0.4, -0.2) is 25.3 Å². The molecule has 0 atom stereocenters. The average Bonchev–Trinajstić information content (AvgIpc) is 3.40. The average molecular weight is 409 g/mol. The third kappa shape index (κ3) is 4.06. The van der Waals surface area contributed by atoms with Crippen LogP contribution >= 0.6 is 0 Å². The zero-order valence-electron chi connectivity index (χ0n) is 17.6. The Morgan fingerprint density at radius 3 is 2.50 bits per heavy atom. The smallest absolute Gasteiger partial charge is 0.226 e. The zero-order chi connectivity index (χ0) is 21.0. The molecule has 0 aliphatic carbocycles. The summed E-state index contributed by atoms with van der Waals surface area (Å²) in [5.41, 5.74) is 2.63. The van der Waals surface area contributed by atoms with Gasteiger partial charge in [0.15, 0.2) is 17.3 Å². The molecule has 0 amide bonds. The predicted octanol–water partition coefficient (Wildman–Crippen LogP) is 5.24. The quantitative estimate of drug-likeness (QED) is 0.507. The van der Waals surface area contributed by atoms with Gasteiger partial charge in [-0.2, -0.15) is 0 Å². The van der Waals surface area contributed by atoms with Crippen molar-refractivity contribution in [3.8, 4) is 23.0 Å². The Balaban J connectivity index is 1.52. The summed E-state index contributed by atoms with van der Waals surface area (Å²) < 4.78 is 29.3. The molecule has 1 saturated heterocycles. The number of methoxy groups -OCH3 is 1. The van der Waals surface area contributed by atoms with Crippen LogP contribution in [0.2, 0.25) is 0 Å². The molecule has 1 fully saturated rings. The monoisotopic (exact) mass is 409 g/mol. The first-order valence-corrected chi connectivity index (χ1v) is 10.3. The summed E-state index contributed by atoms with van der Waals surface area (Å²) in [5.74, 6) is 1.89. The molecule has 158 valence electrons. The number of aryl methyl sites for hydroxylation is 1. The molecule has 6 heteroatoms. The first-order valence-electron chi connectivity index (χ1n) is 10.3. The predicted molar refractivity (Wildman–Crippen MR) is 112 cm³/mol. The largest absolute Gasteiger partial charge is 0.493 e. The van der Waals surface area contributed by atoms with Crippen molar-refractivity contribution in [3.63, 3.8) is 0 Å². The minimum Gasteiger partial charge on any atom is -0.493 e. The van der Waals surface area contributed by atoms with Gasteiger partial charge in [0.25, 0.3) is 0 Å². The number of hydrogen-bond acceptors (Lipinski definition) is 6. The van der Waals surface area contributed by atoms with Crippen molar-refractivity contribution in [2.24, 2.45) is 0 Å². The van der Waals surface area contributed by atoms with Gasteiger partial charge in [0.05, 0.1) is 20.3 Å². The lowest BCUT2D eigenvalue weighted by atomic mass is 10.0. The summed E-state index contributed by atoms with van der Waals surface area (Å²) in [6.45, 7) is 5.48. The molecule has 1 aliphatic heterocycles. The van der Waals surface area contributed by atoms with Crippen LogP contribution in [0.15, 0.2) is 52.9 Å². The molecule has 0 radical (unpaired) electrons. The molecule has 6 nitrogen and oxygen atoms in total. The highest BCUT2D eigenvalue weighted by molar-refractivity contribution is 5.53. The lowest BCUT2D eigenvalue weighted by molar-refractivity contribution is -0.171. The van der Waals surface area contributed by atoms with E-state index in [9.17, 15) is 0 Å². The van der Waals surface area contributed by atoms with E-state index in [1.165, 1.54) is 0 Å². The van der Waals surface area contributed by atoms with E-state index in [-0.39, 0.29) is 6.61 Å². The highest BCUT2D eigenvalue weighted by Gasteiger charge is 2.38. The van der Waals surface area contributed by atoms with Gasteiger partial charge in [-0.3, -0.25) is 0 Å². The SMILES string of the molecule is CCCC1(c2ccc(OCc3nc(-c4ccccc4)oc3C)c(OC)c2)OCCO1. The fraction of sp³-hybridized carbons (Fsp3) is 0.375. The van der Waals surface area contributed by atoms with E-state index in [1.54, 1.807) is 7.11 Å². The Kier molecular flexibility index (Phi) is 6.06.